The highest BCUT2D eigenvalue weighted by Crippen LogP contribution is 2.35. The van der Waals surface area contributed by atoms with Gasteiger partial charge < -0.3 is 14.8 Å². The van der Waals surface area contributed by atoms with Crippen LogP contribution in [0.15, 0.2) is 55.0 Å². The first kappa shape index (κ1) is 19.8. The van der Waals surface area contributed by atoms with Crippen molar-refractivity contribution in [3.8, 4) is 11.5 Å². The zero-order chi connectivity index (χ0) is 21.1. The Bertz CT molecular complexity index is 1220. The number of nitrogens with one attached hydrogen (secondary N) is 1. The van der Waals surface area contributed by atoms with E-state index in [-0.39, 0.29) is 5.69 Å². The van der Waals surface area contributed by atoms with E-state index in [1.807, 2.05) is 19.1 Å². The number of anilines is 2. The molecule has 0 aliphatic carbocycles. The standard InChI is InChI=1S/C22H18ClFN4O2/c1-13-7-14(5-6-25-13)11-30-21-10-19-16(9-20(21)29-2)22(27-12-26-19)28-18-4-3-15(23)8-17(18)24/h3-10,12H,11H2,1-2H3,(H,26,27,28). The third kappa shape index (κ3) is 4.26. The highest BCUT2D eigenvalue weighted by Gasteiger charge is 2.13. The van der Waals surface area contributed by atoms with Gasteiger partial charge in [0.05, 0.1) is 18.3 Å². The SMILES string of the molecule is COc1cc2c(Nc3ccc(Cl)cc3F)ncnc2cc1OCc1ccnc(C)c1. The molecule has 8 heteroatoms. The molecule has 2 aromatic heterocycles. The normalized spacial score (nSPS) is 10.8. The predicted octanol–water partition coefficient (Wildman–Crippen LogP) is 5.46. The molecule has 0 aliphatic heterocycles. The van der Waals surface area contributed by atoms with E-state index < -0.39 is 5.82 Å². The summed E-state index contributed by atoms with van der Waals surface area (Å²) in [7, 11) is 1.56. The van der Waals surface area contributed by atoms with Crippen LogP contribution < -0.4 is 14.8 Å². The lowest BCUT2D eigenvalue weighted by molar-refractivity contribution is 0.285. The number of nitrogens with zero attached hydrogens (tertiary/aromatic N) is 3. The fourth-order valence-corrected chi connectivity index (χ4v) is 3.17. The van der Waals surface area contributed by atoms with Crippen molar-refractivity contribution in [2.75, 3.05) is 12.4 Å². The molecular formula is C22H18ClFN4O2. The number of benzene rings is 2. The van der Waals surface area contributed by atoms with Crippen molar-refractivity contribution in [2.24, 2.45) is 0 Å². The number of rotatable bonds is 6. The Morgan fingerprint density at radius 1 is 1.03 bits per heavy atom. The lowest BCUT2D eigenvalue weighted by Gasteiger charge is -2.14. The first-order valence-electron chi connectivity index (χ1n) is 9.12. The van der Waals surface area contributed by atoms with Crippen molar-refractivity contribution in [3.63, 3.8) is 0 Å². The molecule has 0 saturated carbocycles. The van der Waals surface area contributed by atoms with Crippen molar-refractivity contribution < 1.29 is 13.9 Å². The minimum Gasteiger partial charge on any atom is -0.493 e. The molecule has 2 aromatic carbocycles. The van der Waals surface area contributed by atoms with Crippen LogP contribution >= 0.6 is 11.6 Å². The fraction of sp³-hybridized carbons (Fsp3) is 0.136. The van der Waals surface area contributed by atoms with E-state index in [9.17, 15) is 4.39 Å². The fourth-order valence-electron chi connectivity index (χ4n) is 3.01. The highest BCUT2D eigenvalue weighted by atomic mass is 35.5. The molecule has 0 aliphatic rings. The van der Waals surface area contributed by atoms with E-state index in [2.05, 4.69) is 20.3 Å². The summed E-state index contributed by atoms with van der Waals surface area (Å²) < 4.78 is 25.7. The molecule has 0 unspecified atom stereocenters. The number of hydrogen-bond acceptors (Lipinski definition) is 6. The molecule has 0 fully saturated rings. The van der Waals surface area contributed by atoms with Crippen LogP contribution in [0.2, 0.25) is 5.02 Å². The second-order valence-electron chi connectivity index (χ2n) is 6.59. The Morgan fingerprint density at radius 3 is 2.67 bits per heavy atom. The number of ether oxygens (including phenoxy) is 2. The third-order valence-electron chi connectivity index (χ3n) is 4.46. The van der Waals surface area contributed by atoms with Gasteiger partial charge in [-0.05, 0) is 48.9 Å². The molecule has 0 atom stereocenters. The largest absolute Gasteiger partial charge is 0.493 e. The molecule has 4 aromatic rings. The van der Waals surface area contributed by atoms with Crippen LogP contribution in [0.1, 0.15) is 11.3 Å². The van der Waals surface area contributed by atoms with Crippen LogP contribution in [0.4, 0.5) is 15.9 Å². The maximum Gasteiger partial charge on any atom is 0.163 e. The minimum atomic E-state index is -0.478. The zero-order valence-electron chi connectivity index (χ0n) is 16.3. The summed E-state index contributed by atoms with van der Waals surface area (Å²) in [6.07, 6.45) is 3.15. The van der Waals surface area contributed by atoms with E-state index in [1.54, 1.807) is 37.6 Å². The van der Waals surface area contributed by atoms with Gasteiger partial charge in [-0.3, -0.25) is 4.98 Å². The minimum absolute atomic E-state index is 0.256. The summed E-state index contributed by atoms with van der Waals surface area (Å²) in [6, 6.07) is 11.8. The van der Waals surface area contributed by atoms with Crippen LogP contribution in [0.3, 0.4) is 0 Å². The van der Waals surface area contributed by atoms with Gasteiger partial charge >= 0.3 is 0 Å². The molecule has 1 N–H and O–H groups in total. The van der Waals surface area contributed by atoms with Crippen molar-refractivity contribution in [1.82, 2.24) is 15.0 Å². The average molecular weight is 425 g/mol. The average Bonchev–Trinajstić information content (AvgIpc) is 2.74. The van der Waals surface area contributed by atoms with Crippen molar-refractivity contribution in [3.05, 3.63) is 77.1 Å². The predicted molar refractivity (Wildman–Crippen MR) is 114 cm³/mol. The molecule has 0 spiro atoms. The monoisotopic (exact) mass is 424 g/mol. The maximum absolute atomic E-state index is 14.2. The summed E-state index contributed by atoms with van der Waals surface area (Å²) >= 11 is 5.83. The molecule has 30 heavy (non-hydrogen) atoms. The Kier molecular flexibility index (Phi) is 5.63. The topological polar surface area (TPSA) is 69.2 Å². The van der Waals surface area contributed by atoms with Gasteiger partial charge in [0.1, 0.15) is 24.6 Å². The Balaban J connectivity index is 1.66. The van der Waals surface area contributed by atoms with E-state index >= 15 is 0 Å². The number of aromatic nitrogens is 3. The van der Waals surface area contributed by atoms with Gasteiger partial charge in [-0.25, -0.2) is 14.4 Å². The van der Waals surface area contributed by atoms with Crippen molar-refractivity contribution in [1.29, 1.82) is 0 Å². The van der Waals surface area contributed by atoms with Gasteiger partial charge in [0.25, 0.3) is 0 Å². The molecule has 152 valence electrons. The van der Waals surface area contributed by atoms with Gasteiger partial charge in [-0.15, -0.1) is 0 Å². The van der Waals surface area contributed by atoms with Gasteiger partial charge in [0.15, 0.2) is 11.5 Å². The third-order valence-corrected chi connectivity index (χ3v) is 4.70. The van der Waals surface area contributed by atoms with Crippen LogP contribution in [0.25, 0.3) is 10.9 Å². The van der Waals surface area contributed by atoms with Gasteiger partial charge in [0, 0.05) is 28.4 Å². The first-order chi connectivity index (χ1) is 14.5. The number of aryl methyl sites for hydroxylation is 1. The van der Waals surface area contributed by atoms with E-state index in [1.165, 1.54) is 12.4 Å². The Labute approximate surface area is 177 Å². The van der Waals surface area contributed by atoms with Crippen molar-refractivity contribution in [2.45, 2.75) is 13.5 Å². The molecule has 0 radical (unpaired) electrons. The maximum atomic E-state index is 14.2. The summed E-state index contributed by atoms with van der Waals surface area (Å²) in [6.45, 7) is 2.28. The molecular weight excluding hydrogens is 407 g/mol. The van der Waals surface area contributed by atoms with Crippen molar-refractivity contribution >= 4 is 34.0 Å². The van der Waals surface area contributed by atoms with Gasteiger partial charge in [0.2, 0.25) is 0 Å². The number of hydrogen-bond donors (Lipinski definition) is 1. The summed E-state index contributed by atoms with van der Waals surface area (Å²) in [4.78, 5) is 12.7. The molecule has 0 bridgehead atoms. The van der Waals surface area contributed by atoms with E-state index in [0.717, 1.165) is 11.3 Å². The summed E-state index contributed by atoms with van der Waals surface area (Å²) in [5, 5.41) is 3.97. The second-order valence-corrected chi connectivity index (χ2v) is 7.02. The number of pyridine rings is 1. The smallest absolute Gasteiger partial charge is 0.163 e. The lowest BCUT2D eigenvalue weighted by atomic mass is 10.2. The highest BCUT2D eigenvalue weighted by molar-refractivity contribution is 6.30. The Hall–Kier alpha value is -3.45. The summed E-state index contributed by atoms with van der Waals surface area (Å²) in [5.74, 6) is 1.02. The number of halogens is 2. The second kappa shape index (κ2) is 8.51. The van der Waals surface area contributed by atoms with E-state index in [0.29, 0.717) is 39.8 Å². The zero-order valence-corrected chi connectivity index (χ0v) is 17.1. The van der Waals surface area contributed by atoms with Crippen LogP contribution in [-0.4, -0.2) is 22.1 Å². The molecule has 4 rings (SSSR count). The molecule has 2 heterocycles. The lowest BCUT2D eigenvalue weighted by Crippen LogP contribution is -2.01. The molecule has 0 saturated heterocycles. The quantitative estimate of drug-likeness (QED) is 0.443. The first-order valence-corrected chi connectivity index (χ1v) is 9.50. The van der Waals surface area contributed by atoms with Gasteiger partial charge in [-0.2, -0.15) is 0 Å². The molecule has 6 nitrogen and oxygen atoms in total. The van der Waals surface area contributed by atoms with Gasteiger partial charge in [-0.1, -0.05) is 11.6 Å². The van der Waals surface area contributed by atoms with E-state index in [4.69, 9.17) is 21.1 Å². The van der Waals surface area contributed by atoms with Crippen LogP contribution in [-0.2, 0) is 6.61 Å². The number of fused-ring (bicyclic) bond motifs is 1. The Morgan fingerprint density at radius 2 is 1.90 bits per heavy atom. The molecule has 0 amide bonds. The summed E-state index contributed by atoms with van der Waals surface area (Å²) in [5.41, 5.74) is 2.79. The van der Waals surface area contributed by atoms with Crippen LogP contribution in [0, 0.1) is 12.7 Å². The number of methoxy groups -OCH3 is 1. The van der Waals surface area contributed by atoms with Crippen LogP contribution in [0.5, 0.6) is 11.5 Å².